The second kappa shape index (κ2) is 4.86. The summed E-state index contributed by atoms with van der Waals surface area (Å²) in [5.41, 5.74) is 1.14. The highest BCUT2D eigenvalue weighted by Crippen LogP contribution is 2.25. The van der Waals surface area contributed by atoms with E-state index < -0.39 is 0 Å². The van der Waals surface area contributed by atoms with Gasteiger partial charge in [-0.05, 0) is 24.7 Å². The smallest absolute Gasteiger partial charge is 0.0645 e. The molecule has 15 heavy (non-hydrogen) atoms. The minimum Gasteiger partial charge on any atom is -0.368 e. The van der Waals surface area contributed by atoms with Crippen molar-refractivity contribution in [2.24, 2.45) is 0 Å². The highest BCUT2D eigenvalue weighted by Gasteiger charge is 2.16. The summed E-state index contributed by atoms with van der Waals surface area (Å²) < 4.78 is 0. The third-order valence-electron chi connectivity index (χ3n) is 2.95. The molecular formula is C12H16ClN2. The molecule has 1 aliphatic rings. The van der Waals surface area contributed by atoms with E-state index in [0.717, 1.165) is 43.4 Å². The Morgan fingerprint density at radius 1 is 1.33 bits per heavy atom. The number of rotatable bonds is 2. The maximum Gasteiger partial charge on any atom is 0.0645 e. The molecule has 1 aromatic rings. The van der Waals surface area contributed by atoms with Crippen LogP contribution in [0, 0.1) is 6.07 Å². The van der Waals surface area contributed by atoms with E-state index in [4.69, 9.17) is 11.6 Å². The summed E-state index contributed by atoms with van der Waals surface area (Å²) in [6.07, 6.45) is 0. The van der Waals surface area contributed by atoms with Crippen molar-refractivity contribution in [3.63, 3.8) is 0 Å². The van der Waals surface area contributed by atoms with Crippen LogP contribution < -0.4 is 4.90 Å². The maximum absolute atomic E-state index is 6.14. The zero-order valence-electron chi connectivity index (χ0n) is 9.04. The number of nitrogens with zero attached hydrogens (tertiary/aromatic N) is 2. The first-order valence-electron chi connectivity index (χ1n) is 5.44. The predicted molar refractivity (Wildman–Crippen MR) is 64.6 cm³/mol. The molecule has 0 spiro atoms. The van der Waals surface area contributed by atoms with Crippen LogP contribution in [0.3, 0.4) is 0 Å². The number of anilines is 1. The number of hydrogen-bond acceptors (Lipinski definition) is 2. The van der Waals surface area contributed by atoms with E-state index in [-0.39, 0.29) is 0 Å². The molecule has 1 saturated heterocycles. The SMILES string of the molecule is CCN1CCN(c2cc[c]cc2Cl)CC1. The molecule has 3 heteroatoms. The molecule has 1 aliphatic heterocycles. The maximum atomic E-state index is 6.14. The number of piperazine rings is 1. The van der Waals surface area contributed by atoms with Crippen LogP contribution in [-0.4, -0.2) is 37.6 Å². The highest BCUT2D eigenvalue weighted by molar-refractivity contribution is 6.33. The topological polar surface area (TPSA) is 6.48 Å². The van der Waals surface area contributed by atoms with E-state index >= 15 is 0 Å². The van der Waals surface area contributed by atoms with Crippen molar-refractivity contribution in [3.8, 4) is 0 Å². The van der Waals surface area contributed by atoms with E-state index in [1.807, 2.05) is 18.2 Å². The molecule has 81 valence electrons. The van der Waals surface area contributed by atoms with Crippen LogP contribution in [0.2, 0.25) is 5.02 Å². The third-order valence-corrected chi connectivity index (χ3v) is 3.26. The van der Waals surface area contributed by atoms with Gasteiger partial charge >= 0.3 is 0 Å². The molecule has 1 radical (unpaired) electrons. The Morgan fingerprint density at radius 2 is 2.07 bits per heavy atom. The van der Waals surface area contributed by atoms with Crippen molar-refractivity contribution in [1.29, 1.82) is 0 Å². The fraction of sp³-hybridized carbons (Fsp3) is 0.500. The molecular weight excluding hydrogens is 208 g/mol. The van der Waals surface area contributed by atoms with Crippen LogP contribution in [0.25, 0.3) is 0 Å². The molecule has 0 N–H and O–H groups in total. The van der Waals surface area contributed by atoms with E-state index in [1.54, 1.807) is 0 Å². The third kappa shape index (κ3) is 2.44. The molecule has 0 atom stereocenters. The number of likely N-dealkylation sites (N-methyl/N-ethyl adjacent to an activating group) is 1. The summed E-state index contributed by atoms with van der Waals surface area (Å²) in [6.45, 7) is 7.75. The molecule has 2 rings (SSSR count). The summed E-state index contributed by atoms with van der Waals surface area (Å²) in [5, 5.41) is 0.808. The van der Waals surface area contributed by atoms with Gasteiger partial charge in [0.15, 0.2) is 0 Å². The number of hydrogen-bond donors (Lipinski definition) is 0. The standard InChI is InChI=1S/C12H16ClN2/c1-2-14-7-9-15(10-8-14)12-6-4-3-5-11(12)13/h4-6H,2,7-10H2,1H3. The average molecular weight is 224 g/mol. The Hall–Kier alpha value is -0.730. The Kier molecular flexibility index (Phi) is 3.49. The minimum atomic E-state index is 0.808. The first-order chi connectivity index (χ1) is 7.31. The molecule has 2 nitrogen and oxygen atoms in total. The van der Waals surface area contributed by atoms with Gasteiger partial charge < -0.3 is 9.80 Å². The largest absolute Gasteiger partial charge is 0.368 e. The van der Waals surface area contributed by atoms with Gasteiger partial charge in [-0.2, -0.15) is 0 Å². The first-order valence-corrected chi connectivity index (χ1v) is 5.82. The monoisotopic (exact) mass is 223 g/mol. The zero-order valence-corrected chi connectivity index (χ0v) is 9.80. The van der Waals surface area contributed by atoms with Gasteiger partial charge in [-0.15, -0.1) is 0 Å². The van der Waals surface area contributed by atoms with Crippen LogP contribution in [0.5, 0.6) is 0 Å². The van der Waals surface area contributed by atoms with Crippen molar-refractivity contribution < 1.29 is 0 Å². The normalized spacial score (nSPS) is 18.1. The van der Waals surface area contributed by atoms with E-state index in [9.17, 15) is 0 Å². The van der Waals surface area contributed by atoms with Gasteiger partial charge in [0.25, 0.3) is 0 Å². The van der Waals surface area contributed by atoms with Crippen molar-refractivity contribution in [2.45, 2.75) is 6.92 Å². The van der Waals surface area contributed by atoms with Crippen LogP contribution in [0.1, 0.15) is 6.92 Å². The molecule has 0 amide bonds. The Labute approximate surface area is 96.4 Å². The van der Waals surface area contributed by atoms with Gasteiger partial charge in [-0.3, -0.25) is 0 Å². The molecule has 0 saturated carbocycles. The summed E-state index contributed by atoms with van der Waals surface area (Å²) >= 11 is 6.14. The second-order valence-corrected chi connectivity index (χ2v) is 4.21. The fourth-order valence-corrected chi connectivity index (χ4v) is 2.21. The van der Waals surface area contributed by atoms with E-state index in [0.29, 0.717) is 0 Å². The predicted octanol–water partition coefficient (Wildman–Crippen LogP) is 2.28. The molecule has 1 fully saturated rings. The number of halogens is 1. The molecule has 0 unspecified atom stereocenters. The lowest BCUT2D eigenvalue weighted by atomic mass is 10.2. The fourth-order valence-electron chi connectivity index (χ4n) is 1.96. The van der Waals surface area contributed by atoms with Crippen molar-refractivity contribution in [1.82, 2.24) is 4.90 Å². The lowest BCUT2D eigenvalue weighted by Gasteiger charge is -2.35. The number of benzene rings is 1. The van der Waals surface area contributed by atoms with Crippen LogP contribution >= 0.6 is 11.6 Å². The Balaban J connectivity index is 2.04. The highest BCUT2D eigenvalue weighted by atomic mass is 35.5. The van der Waals surface area contributed by atoms with E-state index in [1.165, 1.54) is 0 Å². The van der Waals surface area contributed by atoms with Gasteiger partial charge in [-0.25, -0.2) is 0 Å². The second-order valence-electron chi connectivity index (χ2n) is 3.80. The van der Waals surface area contributed by atoms with Gasteiger partial charge in [0.1, 0.15) is 0 Å². The quantitative estimate of drug-likeness (QED) is 0.759. The summed E-state index contributed by atoms with van der Waals surface area (Å²) in [5.74, 6) is 0. The summed E-state index contributed by atoms with van der Waals surface area (Å²) in [6, 6.07) is 8.80. The van der Waals surface area contributed by atoms with Gasteiger partial charge in [0.05, 0.1) is 10.7 Å². The molecule has 1 heterocycles. The zero-order chi connectivity index (χ0) is 10.7. The van der Waals surface area contributed by atoms with Crippen LogP contribution in [0.15, 0.2) is 18.2 Å². The lowest BCUT2D eigenvalue weighted by Crippen LogP contribution is -2.46. The first kappa shape index (κ1) is 10.8. The minimum absolute atomic E-state index is 0.808. The van der Waals surface area contributed by atoms with E-state index in [2.05, 4.69) is 22.8 Å². The molecule has 0 aliphatic carbocycles. The van der Waals surface area contributed by atoms with Gasteiger partial charge in [0, 0.05) is 26.2 Å². The van der Waals surface area contributed by atoms with Crippen LogP contribution in [0.4, 0.5) is 5.69 Å². The Morgan fingerprint density at radius 3 is 2.67 bits per heavy atom. The van der Waals surface area contributed by atoms with Crippen molar-refractivity contribution >= 4 is 17.3 Å². The summed E-state index contributed by atoms with van der Waals surface area (Å²) in [7, 11) is 0. The van der Waals surface area contributed by atoms with Crippen molar-refractivity contribution in [3.05, 3.63) is 29.3 Å². The molecule has 1 aromatic carbocycles. The summed E-state index contributed by atoms with van der Waals surface area (Å²) in [4.78, 5) is 4.81. The average Bonchev–Trinajstić information content (AvgIpc) is 2.30. The van der Waals surface area contributed by atoms with Gasteiger partial charge in [-0.1, -0.05) is 24.6 Å². The molecule has 0 bridgehead atoms. The molecule has 0 aromatic heterocycles. The van der Waals surface area contributed by atoms with Crippen LogP contribution in [-0.2, 0) is 0 Å². The Bertz CT molecular complexity index is 319. The lowest BCUT2D eigenvalue weighted by molar-refractivity contribution is 0.271. The van der Waals surface area contributed by atoms with Crippen molar-refractivity contribution in [2.75, 3.05) is 37.6 Å². The van der Waals surface area contributed by atoms with Gasteiger partial charge in [0.2, 0.25) is 0 Å².